The van der Waals surface area contributed by atoms with E-state index in [-0.39, 0.29) is 6.04 Å². The fourth-order valence-corrected chi connectivity index (χ4v) is 2.77. The van der Waals surface area contributed by atoms with Crippen LogP contribution >= 0.6 is 0 Å². The van der Waals surface area contributed by atoms with Crippen molar-refractivity contribution in [3.8, 4) is 6.07 Å². The van der Waals surface area contributed by atoms with Gasteiger partial charge < -0.3 is 10.2 Å². The third-order valence-corrected chi connectivity index (χ3v) is 3.71. The van der Waals surface area contributed by atoms with Gasteiger partial charge in [0.25, 0.3) is 0 Å². The normalized spacial score (nSPS) is 27.7. The van der Waals surface area contributed by atoms with Crippen molar-refractivity contribution in [1.82, 2.24) is 10.2 Å². The zero-order valence-electron chi connectivity index (χ0n) is 10.9. The third-order valence-electron chi connectivity index (χ3n) is 3.71. The molecule has 3 unspecified atom stereocenters. The summed E-state index contributed by atoms with van der Waals surface area (Å²) in [5.74, 6) is 0.778. The highest BCUT2D eigenvalue weighted by molar-refractivity contribution is 4.93. The summed E-state index contributed by atoms with van der Waals surface area (Å²) in [6, 6.07) is 2.98. The van der Waals surface area contributed by atoms with E-state index in [1.54, 1.807) is 0 Å². The average molecular weight is 223 g/mol. The Morgan fingerprint density at radius 2 is 2.12 bits per heavy atom. The Kier molecular flexibility index (Phi) is 5.79. The molecule has 1 saturated carbocycles. The van der Waals surface area contributed by atoms with Crippen molar-refractivity contribution in [3.05, 3.63) is 0 Å². The Hall–Kier alpha value is -0.590. The van der Waals surface area contributed by atoms with Crippen molar-refractivity contribution in [2.45, 2.75) is 51.6 Å². The molecule has 0 aromatic carbocycles. The molecule has 1 aliphatic carbocycles. The molecule has 0 aromatic heterocycles. The number of hydrogen-bond donors (Lipinski definition) is 1. The van der Waals surface area contributed by atoms with Gasteiger partial charge in [0.05, 0.1) is 6.07 Å². The van der Waals surface area contributed by atoms with Crippen molar-refractivity contribution >= 4 is 0 Å². The van der Waals surface area contributed by atoms with E-state index in [1.165, 1.54) is 25.7 Å². The Labute approximate surface area is 99.8 Å². The predicted octanol–water partition coefficient (Wildman–Crippen LogP) is 2.00. The first kappa shape index (κ1) is 13.5. The SMILES string of the molecule is CCNC(C#N)CN(C)C1CCCCC1C. The predicted molar refractivity (Wildman–Crippen MR) is 67.1 cm³/mol. The van der Waals surface area contributed by atoms with E-state index in [9.17, 15) is 0 Å². The van der Waals surface area contributed by atoms with Gasteiger partial charge in [0.2, 0.25) is 0 Å². The number of nitrogens with zero attached hydrogens (tertiary/aromatic N) is 2. The second-order valence-corrected chi connectivity index (χ2v) is 5.01. The highest BCUT2D eigenvalue weighted by atomic mass is 15.2. The zero-order valence-corrected chi connectivity index (χ0v) is 10.9. The van der Waals surface area contributed by atoms with Gasteiger partial charge in [-0.1, -0.05) is 26.7 Å². The van der Waals surface area contributed by atoms with Gasteiger partial charge in [-0.3, -0.25) is 0 Å². The Morgan fingerprint density at radius 3 is 2.69 bits per heavy atom. The van der Waals surface area contributed by atoms with Gasteiger partial charge >= 0.3 is 0 Å². The minimum absolute atomic E-state index is 0.0240. The zero-order chi connectivity index (χ0) is 12.0. The van der Waals surface area contributed by atoms with Crippen molar-refractivity contribution in [3.63, 3.8) is 0 Å². The van der Waals surface area contributed by atoms with Gasteiger partial charge in [0, 0.05) is 12.6 Å². The van der Waals surface area contributed by atoms with Gasteiger partial charge in [-0.25, -0.2) is 0 Å². The van der Waals surface area contributed by atoms with Crippen molar-refractivity contribution in [1.29, 1.82) is 5.26 Å². The molecular weight excluding hydrogens is 198 g/mol. The van der Waals surface area contributed by atoms with Crippen LogP contribution in [-0.4, -0.2) is 37.1 Å². The van der Waals surface area contributed by atoms with Crippen LogP contribution in [-0.2, 0) is 0 Å². The second-order valence-electron chi connectivity index (χ2n) is 5.01. The number of rotatable bonds is 5. The quantitative estimate of drug-likeness (QED) is 0.775. The topological polar surface area (TPSA) is 39.1 Å². The van der Waals surface area contributed by atoms with E-state index in [1.807, 2.05) is 6.92 Å². The lowest BCUT2D eigenvalue weighted by molar-refractivity contribution is 0.134. The van der Waals surface area contributed by atoms with Crippen molar-refractivity contribution < 1.29 is 0 Å². The maximum atomic E-state index is 9.03. The molecule has 0 bridgehead atoms. The first-order chi connectivity index (χ1) is 7.69. The third kappa shape index (κ3) is 3.77. The van der Waals surface area contributed by atoms with Gasteiger partial charge in [0.15, 0.2) is 0 Å². The lowest BCUT2D eigenvalue weighted by Crippen LogP contribution is -2.46. The molecule has 92 valence electrons. The number of nitriles is 1. The summed E-state index contributed by atoms with van der Waals surface area (Å²) in [6.45, 7) is 6.11. The first-order valence-electron chi connectivity index (χ1n) is 6.52. The molecule has 16 heavy (non-hydrogen) atoms. The molecule has 1 N–H and O–H groups in total. The Balaban J connectivity index is 2.43. The van der Waals surface area contributed by atoms with Gasteiger partial charge in [-0.2, -0.15) is 5.26 Å². The lowest BCUT2D eigenvalue weighted by Gasteiger charge is -2.37. The minimum atomic E-state index is -0.0240. The van der Waals surface area contributed by atoms with E-state index in [2.05, 4.69) is 30.3 Å². The standard InChI is InChI=1S/C13H25N3/c1-4-15-12(9-14)10-16(3)13-8-6-5-7-11(13)2/h11-13,15H,4-8,10H2,1-3H3. The van der Waals surface area contributed by atoms with E-state index in [0.29, 0.717) is 6.04 Å². The summed E-state index contributed by atoms with van der Waals surface area (Å²) < 4.78 is 0. The summed E-state index contributed by atoms with van der Waals surface area (Å²) in [4.78, 5) is 2.38. The van der Waals surface area contributed by atoms with Crippen LogP contribution in [0.15, 0.2) is 0 Å². The monoisotopic (exact) mass is 223 g/mol. The maximum Gasteiger partial charge on any atom is 0.108 e. The van der Waals surface area contributed by atoms with Crippen LogP contribution in [0.2, 0.25) is 0 Å². The lowest BCUT2D eigenvalue weighted by atomic mass is 9.85. The molecule has 0 saturated heterocycles. The second kappa shape index (κ2) is 6.88. The van der Waals surface area contributed by atoms with Gasteiger partial charge in [0.1, 0.15) is 6.04 Å². The van der Waals surface area contributed by atoms with E-state index in [4.69, 9.17) is 5.26 Å². The molecule has 0 amide bonds. The molecule has 0 spiro atoms. The van der Waals surface area contributed by atoms with E-state index < -0.39 is 0 Å². The molecule has 0 heterocycles. The summed E-state index contributed by atoms with van der Waals surface area (Å²) in [6.07, 6.45) is 5.35. The molecule has 1 aliphatic rings. The van der Waals surface area contributed by atoms with E-state index in [0.717, 1.165) is 19.0 Å². The Bertz CT molecular complexity index is 234. The van der Waals surface area contributed by atoms with Crippen LogP contribution in [0.4, 0.5) is 0 Å². The molecule has 0 radical (unpaired) electrons. The summed E-state index contributed by atoms with van der Waals surface area (Å²) in [5, 5.41) is 12.2. The molecular formula is C13H25N3. The summed E-state index contributed by atoms with van der Waals surface area (Å²) in [7, 11) is 2.16. The van der Waals surface area contributed by atoms with Crippen LogP contribution in [0.1, 0.15) is 39.5 Å². The van der Waals surface area contributed by atoms with Crippen molar-refractivity contribution in [2.24, 2.45) is 5.92 Å². The molecule has 1 fully saturated rings. The van der Waals surface area contributed by atoms with Crippen LogP contribution in [0.25, 0.3) is 0 Å². The Morgan fingerprint density at radius 1 is 1.44 bits per heavy atom. The summed E-state index contributed by atoms with van der Waals surface area (Å²) in [5.41, 5.74) is 0. The molecule has 1 rings (SSSR count). The van der Waals surface area contributed by atoms with Crippen LogP contribution < -0.4 is 5.32 Å². The van der Waals surface area contributed by atoms with Crippen molar-refractivity contribution in [2.75, 3.05) is 20.1 Å². The summed E-state index contributed by atoms with van der Waals surface area (Å²) >= 11 is 0. The van der Waals surface area contributed by atoms with Gasteiger partial charge in [-0.15, -0.1) is 0 Å². The molecule has 3 heteroatoms. The smallest absolute Gasteiger partial charge is 0.108 e. The van der Waals surface area contributed by atoms with Crippen LogP contribution in [0, 0.1) is 17.2 Å². The fraction of sp³-hybridized carbons (Fsp3) is 0.923. The minimum Gasteiger partial charge on any atom is -0.301 e. The van der Waals surface area contributed by atoms with Crippen LogP contribution in [0.5, 0.6) is 0 Å². The first-order valence-corrected chi connectivity index (χ1v) is 6.52. The highest BCUT2D eigenvalue weighted by Crippen LogP contribution is 2.27. The molecule has 3 nitrogen and oxygen atoms in total. The number of likely N-dealkylation sites (N-methyl/N-ethyl adjacent to an activating group) is 2. The van der Waals surface area contributed by atoms with Gasteiger partial charge in [-0.05, 0) is 32.4 Å². The fourth-order valence-electron chi connectivity index (χ4n) is 2.77. The maximum absolute atomic E-state index is 9.03. The molecule has 0 aromatic rings. The molecule has 0 aliphatic heterocycles. The van der Waals surface area contributed by atoms with E-state index >= 15 is 0 Å². The number of nitrogens with one attached hydrogen (secondary N) is 1. The number of hydrogen-bond acceptors (Lipinski definition) is 3. The average Bonchev–Trinajstić information content (AvgIpc) is 2.28. The largest absolute Gasteiger partial charge is 0.301 e. The highest BCUT2D eigenvalue weighted by Gasteiger charge is 2.26. The molecule has 3 atom stereocenters. The van der Waals surface area contributed by atoms with Crippen LogP contribution in [0.3, 0.4) is 0 Å².